The van der Waals surface area contributed by atoms with Crippen molar-refractivity contribution in [2.24, 2.45) is 0 Å². The summed E-state index contributed by atoms with van der Waals surface area (Å²) >= 11 is 0. The van der Waals surface area contributed by atoms with Gasteiger partial charge in [-0.15, -0.1) is 0 Å². The molecule has 0 heterocycles. The molecule has 0 bridgehead atoms. The Morgan fingerprint density at radius 3 is 1.92 bits per heavy atom. The number of rotatable bonds is 1. The third-order valence-electron chi connectivity index (χ3n) is 0.989. The van der Waals surface area contributed by atoms with Crippen molar-refractivity contribution in [3.63, 3.8) is 0 Å². The lowest BCUT2D eigenvalue weighted by molar-refractivity contribution is -0.150. The summed E-state index contributed by atoms with van der Waals surface area (Å²) in [5, 5.41) is 0. The SMILES string of the molecule is CC(C(=O)OC(C)(C)C)=C(F)F. The van der Waals surface area contributed by atoms with E-state index in [1.54, 1.807) is 20.8 Å². The molecule has 70 valence electrons. The highest BCUT2D eigenvalue weighted by Crippen LogP contribution is 2.14. The van der Waals surface area contributed by atoms with Crippen LogP contribution in [0.25, 0.3) is 0 Å². The number of esters is 1. The van der Waals surface area contributed by atoms with Gasteiger partial charge in [-0.05, 0) is 27.7 Å². The van der Waals surface area contributed by atoms with Crippen molar-refractivity contribution in [2.75, 3.05) is 0 Å². The zero-order valence-corrected chi connectivity index (χ0v) is 7.57. The quantitative estimate of drug-likeness (QED) is 0.455. The van der Waals surface area contributed by atoms with Gasteiger partial charge in [0.25, 0.3) is 6.08 Å². The number of hydrogen-bond acceptors (Lipinski definition) is 2. The first-order valence-electron chi connectivity index (χ1n) is 3.49. The van der Waals surface area contributed by atoms with Crippen molar-refractivity contribution in [3.05, 3.63) is 11.7 Å². The van der Waals surface area contributed by atoms with Gasteiger partial charge < -0.3 is 4.74 Å². The summed E-state index contributed by atoms with van der Waals surface area (Å²) in [5.41, 5.74) is -1.36. The Balaban J connectivity index is 4.36. The predicted octanol–water partition coefficient (Wildman–Crippen LogP) is 2.50. The van der Waals surface area contributed by atoms with Crippen molar-refractivity contribution < 1.29 is 18.3 Å². The molecule has 0 amide bonds. The molecule has 0 aliphatic carbocycles. The molecule has 0 aromatic heterocycles. The summed E-state index contributed by atoms with van der Waals surface area (Å²) in [6.07, 6.45) is -2.00. The van der Waals surface area contributed by atoms with Gasteiger partial charge in [0.1, 0.15) is 5.60 Å². The van der Waals surface area contributed by atoms with E-state index in [1.807, 2.05) is 0 Å². The lowest BCUT2D eigenvalue weighted by atomic mass is 10.2. The Morgan fingerprint density at radius 1 is 1.25 bits per heavy atom. The molecule has 0 saturated carbocycles. The van der Waals surface area contributed by atoms with Crippen LogP contribution in [0.15, 0.2) is 11.7 Å². The topological polar surface area (TPSA) is 26.3 Å². The lowest BCUT2D eigenvalue weighted by Crippen LogP contribution is -2.24. The molecule has 0 aromatic carbocycles. The van der Waals surface area contributed by atoms with Crippen LogP contribution in [0.4, 0.5) is 8.78 Å². The van der Waals surface area contributed by atoms with E-state index in [9.17, 15) is 13.6 Å². The molecule has 0 fully saturated rings. The normalized spacial score (nSPS) is 10.8. The van der Waals surface area contributed by atoms with E-state index >= 15 is 0 Å². The summed E-state index contributed by atoms with van der Waals surface area (Å²) < 4.78 is 28.3. The van der Waals surface area contributed by atoms with Crippen LogP contribution >= 0.6 is 0 Å². The minimum Gasteiger partial charge on any atom is -0.456 e. The molecular weight excluding hydrogens is 166 g/mol. The van der Waals surface area contributed by atoms with Gasteiger partial charge in [0.15, 0.2) is 0 Å². The van der Waals surface area contributed by atoms with Gasteiger partial charge in [-0.25, -0.2) is 4.79 Å². The van der Waals surface area contributed by atoms with E-state index in [2.05, 4.69) is 4.74 Å². The molecule has 12 heavy (non-hydrogen) atoms. The van der Waals surface area contributed by atoms with E-state index in [1.165, 1.54) is 0 Å². The minimum atomic E-state index is -2.00. The van der Waals surface area contributed by atoms with Gasteiger partial charge in [-0.1, -0.05) is 0 Å². The second kappa shape index (κ2) is 3.65. The highest BCUT2D eigenvalue weighted by atomic mass is 19.3. The van der Waals surface area contributed by atoms with E-state index in [4.69, 9.17) is 0 Å². The van der Waals surface area contributed by atoms with Crippen LogP contribution in [0.1, 0.15) is 27.7 Å². The van der Waals surface area contributed by atoms with E-state index < -0.39 is 23.2 Å². The molecular formula is C8H12F2O2. The summed E-state index contributed by atoms with van der Waals surface area (Å²) in [6.45, 7) is 5.89. The third-order valence-corrected chi connectivity index (χ3v) is 0.989. The maximum atomic E-state index is 11.8. The zero-order chi connectivity index (χ0) is 9.94. The molecule has 0 rings (SSSR count). The van der Waals surface area contributed by atoms with E-state index in [0.717, 1.165) is 6.92 Å². The van der Waals surface area contributed by atoms with Gasteiger partial charge in [-0.3, -0.25) is 0 Å². The van der Waals surface area contributed by atoms with Crippen molar-refractivity contribution in [2.45, 2.75) is 33.3 Å². The highest BCUT2D eigenvalue weighted by Gasteiger charge is 2.19. The second-order valence-corrected chi connectivity index (χ2v) is 3.39. The molecule has 4 heteroatoms. The van der Waals surface area contributed by atoms with E-state index in [0.29, 0.717) is 0 Å². The van der Waals surface area contributed by atoms with Crippen LogP contribution in [0, 0.1) is 0 Å². The maximum Gasteiger partial charge on any atom is 0.339 e. The fourth-order valence-electron chi connectivity index (χ4n) is 0.432. The number of carbonyl (C=O) groups is 1. The number of halogens is 2. The summed E-state index contributed by atoms with van der Waals surface area (Å²) in [5.74, 6) is -0.970. The van der Waals surface area contributed by atoms with Crippen LogP contribution in [-0.4, -0.2) is 11.6 Å². The fourth-order valence-corrected chi connectivity index (χ4v) is 0.432. The largest absolute Gasteiger partial charge is 0.456 e. The number of ether oxygens (including phenoxy) is 1. The Hall–Kier alpha value is -0.930. The van der Waals surface area contributed by atoms with Crippen LogP contribution in [0.3, 0.4) is 0 Å². The molecule has 0 atom stereocenters. The molecule has 0 spiro atoms. The van der Waals surface area contributed by atoms with Crippen molar-refractivity contribution in [3.8, 4) is 0 Å². The second-order valence-electron chi connectivity index (χ2n) is 3.39. The number of hydrogen-bond donors (Lipinski definition) is 0. The van der Waals surface area contributed by atoms with Crippen molar-refractivity contribution in [1.29, 1.82) is 0 Å². The molecule has 0 aliphatic rings. The Morgan fingerprint density at radius 2 is 1.67 bits per heavy atom. The number of carbonyl (C=O) groups excluding carboxylic acids is 1. The minimum absolute atomic E-state index is 0.634. The van der Waals surface area contributed by atoms with Crippen LogP contribution in [-0.2, 0) is 9.53 Å². The van der Waals surface area contributed by atoms with Gasteiger partial charge in [-0.2, -0.15) is 8.78 Å². The molecule has 0 unspecified atom stereocenters. The molecule has 0 N–H and O–H groups in total. The molecule has 0 saturated heterocycles. The zero-order valence-electron chi connectivity index (χ0n) is 7.57. The van der Waals surface area contributed by atoms with Gasteiger partial charge in [0, 0.05) is 0 Å². The summed E-state index contributed by atoms with van der Waals surface area (Å²) in [4.78, 5) is 10.8. The fraction of sp³-hybridized carbons (Fsp3) is 0.625. The van der Waals surface area contributed by atoms with Crippen LogP contribution in [0.2, 0.25) is 0 Å². The smallest absolute Gasteiger partial charge is 0.339 e. The third kappa shape index (κ3) is 4.05. The summed E-state index contributed by atoms with van der Waals surface area (Å²) in [7, 11) is 0. The maximum absolute atomic E-state index is 11.8. The monoisotopic (exact) mass is 178 g/mol. The van der Waals surface area contributed by atoms with Gasteiger partial charge in [0.2, 0.25) is 0 Å². The molecule has 2 nitrogen and oxygen atoms in total. The lowest BCUT2D eigenvalue weighted by Gasteiger charge is -2.19. The first-order valence-corrected chi connectivity index (χ1v) is 3.49. The first-order chi connectivity index (χ1) is 5.24. The predicted molar refractivity (Wildman–Crippen MR) is 40.8 cm³/mol. The molecule has 0 aromatic rings. The van der Waals surface area contributed by atoms with Gasteiger partial charge >= 0.3 is 5.97 Å². The Kier molecular flexibility index (Phi) is 3.36. The van der Waals surface area contributed by atoms with Crippen LogP contribution < -0.4 is 0 Å². The average molecular weight is 178 g/mol. The van der Waals surface area contributed by atoms with Crippen LogP contribution in [0.5, 0.6) is 0 Å². The first kappa shape index (κ1) is 11.1. The molecule has 0 radical (unpaired) electrons. The highest BCUT2D eigenvalue weighted by molar-refractivity contribution is 5.88. The van der Waals surface area contributed by atoms with E-state index in [-0.39, 0.29) is 0 Å². The van der Waals surface area contributed by atoms with Gasteiger partial charge in [0.05, 0.1) is 5.57 Å². The molecule has 0 aliphatic heterocycles. The standard InChI is InChI=1S/C8H12F2O2/c1-5(6(9)10)7(11)12-8(2,3)4/h1-4H3. The average Bonchev–Trinajstić information content (AvgIpc) is 1.82. The van der Waals surface area contributed by atoms with Crippen molar-refractivity contribution in [1.82, 2.24) is 0 Å². The summed E-state index contributed by atoms with van der Waals surface area (Å²) in [6, 6.07) is 0. The van der Waals surface area contributed by atoms with Crippen molar-refractivity contribution >= 4 is 5.97 Å². The Labute approximate surface area is 70.2 Å². The Bertz CT molecular complexity index is 210.